The summed E-state index contributed by atoms with van der Waals surface area (Å²) >= 11 is 0. The summed E-state index contributed by atoms with van der Waals surface area (Å²) in [6, 6.07) is 20.7. The van der Waals surface area contributed by atoms with Gasteiger partial charge in [0, 0.05) is 12.1 Å². The van der Waals surface area contributed by atoms with Crippen molar-refractivity contribution >= 4 is 28.0 Å². The van der Waals surface area contributed by atoms with Crippen LogP contribution in [0.15, 0.2) is 89.5 Å². The van der Waals surface area contributed by atoms with Gasteiger partial charge < -0.3 is 19.9 Å². The van der Waals surface area contributed by atoms with Gasteiger partial charge in [0.05, 0.1) is 6.61 Å². The van der Waals surface area contributed by atoms with E-state index in [2.05, 4.69) is 10.6 Å². The average molecular weight is 481 g/mol. The van der Waals surface area contributed by atoms with Crippen LogP contribution in [0.1, 0.15) is 21.5 Å². The van der Waals surface area contributed by atoms with Crippen LogP contribution in [0.3, 0.4) is 0 Å². The number of nitrogens with one attached hydrogen (secondary N) is 2. The van der Waals surface area contributed by atoms with Gasteiger partial charge in [-0.3, -0.25) is 9.59 Å². The first-order chi connectivity index (χ1) is 16.3. The Bertz CT molecular complexity index is 1270. The van der Waals surface area contributed by atoms with E-state index >= 15 is 0 Å². The summed E-state index contributed by atoms with van der Waals surface area (Å²) in [5.74, 6) is -0.965. The second-order valence-corrected chi connectivity index (χ2v) is 8.82. The second-order valence-electron chi connectivity index (χ2n) is 7.28. The van der Waals surface area contributed by atoms with Gasteiger partial charge in [-0.1, -0.05) is 48.0 Å². The molecule has 3 N–H and O–H groups in total. The van der Waals surface area contributed by atoms with E-state index in [1.165, 1.54) is 30.3 Å². The topological polar surface area (TPSA) is 122 Å². The molecule has 2 amide bonds. The molecule has 0 spiro atoms. The van der Waals surface area contributed by atoms with Crippen molar-refractivity contribution in [1.82, 2.24) is 10.6 Å². The van der Waals surface area contributed by atoms with Crippen LogP contribution in [0.5, 0.6) is 5.75 Å². The Kier molecular flexibility index (Phi) is 8.18. The number of hydrogen-bond acceptors (Lipinski definition) is 6. The molecular formula is C25H24N2O6S. The zero-order chi connectivity index (χ0) is 24.6. The fourth-order valence-corrected chi connectivity index (χ4v) is 3.80. The van der Waals surface area contributed by atoms with Crippen LogP contribution >= 0.6 is 0 Å². The number of carbonyl (C=O) groups excluding carboxylic acids is 2. The Morgan fingerprint density at radius 2 is 1.59 bits per heavy atom. The van der Waals surface area contributed by atoms with E-state index in [9.17, 15) is 18.0 Å². The van der Waals surface area contributed by atoms with Crippen molar-refractivity contribution in [3.05, 3.63) is 101 Å². The minimum Gasteiger partial charge on any atom is -0.395 e. The Morgan fingerprint density at radius 3 is 2.21 bits per heavy atom. The fourth-order valence-electron chi connectivity index (χ4n) is 2.87. The third-order valence-electron chi connectivity index (χ3n) is 4.63. The number of aliphatic hydroxyl groups is 1. The lowest BCUT2D eigenvalue weighted by molar-refractivity contribution is -0.117. The van der Waals surface area contributed by atoms with Crippen molar-refractivity contribution in [3.63, 3.8) is 0 Å². The molecule has 0 aliphatic heterocycles. The molecule has 0 atom stereocenters. The molecule has 3 rings (SSSR count). The van der Waals surface area contributed by atoms with E-state index in [1.807, 2.05) is 6.92 Å². The van der Waals surface area contributed by atoms with Crippen LogP contribution in [0, 0.1) is 6.92 Å². The first-order valence-corrected chi connectivity index (χ1v) is 11.8. The molecule has 0 aromatic heterocycles. The van der Waals surface area contributed by atoms with Gasteiger partial charge in [-0.2, -0.15) is 8.42 Å². The first kappa shape index (κ1) is 24.7. The molecule has 0 fully saturated rings. The summed E-state index contributed by atoms with van der Waals surface area (Å²) in [5.41, 5.74) is 1.77. The van der Waals surface area contributed by atoms with Crippen LogP contribution in [0.2, 0.25) is 0 Å². The zero-order valence-corrected chi connectivity index (χ0v) is 19.2. The van der Waals surface area contributed by atoms with E-state index < -0.39 is 21.9 Å². The molecule has 8 nitrogen and oxygen atoms in total. The molecule has 0 bridgehead atoms. The van der Waals surface area contributed by atoms with Gasteiger partial charge in [0.2, 0.25) is 0 Å². The highest BCUT2D eigenvalue weighted by Gasteiger charge is 2.17. The normalized spacial score (nSPS) is 11.5. The maximum atomic E-state index is 12.5. The predicted molar refractivity (Wildman–Crippen MR) is 127 cm³/mol. The van der Waals surface area contributed by atoms with Gasteiger partial charge >= 0.3 is 10.1 Å². The van der Waals surface area contributed by atoms with Gasteiger partial charge in [0.15, 0.2) is 0 Å². The highest BCUT2D eigenvalue weighted by atomic mass is 32.2. The molecule has 0 saturated carbocycles. The minimum atomic E-state index is -4.00. The molecule has 0 radical (unpaired) electrons. The van der Waals surface area contributed by atoms with Crippen molar-refractivity contribution in [2.24, 2.45) is 0 Å². The average Bonchev–Trinajstić information content (AvgIpc) is 2.84. The molecule has 0 unspecified atom stereocenters. The van der Waals surface area contributed by atoms with E-state index in [0.29, 0.717) is 11.1 Å². The van der Waals surface area contributed by atoms with Crippen LogP contribution in [0.25, 0.3) is 6.08 Å². The van der Waals surface area contributed by atoms with Gasteiger partial charge in [0.25, 0.3) is 11.8 Å². The molecule has 3 aromatic carbocycles. The maximum absolute atomic E-state index is 12.5. The first-order valence-electron chi connectivity index (χ1n) is 10.4. The number of aliphatic hydroxyl groups excluding tert-OH is 1. The van der Waals surface area contributed by atoms with Crippen LogP contribution in [-0.2, 0) is 14.9 Å². The van der Waals surface area contributed by atoms with Crippen LogP contribution in [-0.4, -0.2) is 38.5 Å². The predicted octanol–water partition coefficient (Wildman–Crippen LogP) is 2.64. The Balaban J connectivity index is 1.79. The lowest BCUT2D eigenvalue weighted by Crippen LogP contribution is -2.36. The minimum absolute atomic E-state index is 0.0149. The number of benzene rings is 3. The highest BCUT2D eigenvalue weighted by Crippen LogP contribution is 2.20. The Hall–Kier alpha value is -3.95. The van der Waals surface area contributed by atoms with Crippen molar-refractivity contribution in [2.45, 2.75) is 11.8 Å². The molecular weight excluding hydrogens is 456 g/mol. The third kappa shape index (κ3) is 6.77. The maximum Gasteiger partial charge on any atom is 0.339 e. The molecule has 176 valence electrons. The van der Waals surface area contributed by atoms with Crippen molar-refractivity contribution in [2.75, 3.05) is 13.2 Å². The van der Waals surface area contributed by atoms with Crippen LogP contribution < -0.4 is 14.8 Å². The molecule has 0 aliphatic rings. The van der Waals surface area contributed by atoms with Crippen molar-refractivity contribution in [3.8, 4) is 5.75 Å². The highest BCUT2D eigenvalue weighted by molar-refractivity contribution is 7.87. The van der Waals surface area contributed by atoms with Crippen molar-refractivity contribution < 1.29 is 27.3 Å². The molecule has 0 heterocycles. The van der Waals surface area contributed by atoms with Gasteiger partial charge in [0.1, 0.15) is 16.3 Å². The number of rotatable bonds is 9. The summed E-state index contributed by atoms with van der Waals surface area (Å²) in [4.78, 5) is 25.1. The van der Waals surface area contributed by atoms with Gasteiger partial charge in [-0.25, -0.2) is 0 Å². The van der Waals surface area contributed by atoms with Gasteiger partial charge in [-0.15, -0.1) is 0 Å². The fraction of sp³-hybridized carbons (Fsp3) is 0.120. The van der Waals surface area contributed by atoms with Gasteiger partial charge in [-0.05, 0) is 55.0 Å². The van der Waals surface area contributed by atoms with Crippen LogP contribution in [0.4, 0.5) is 0 Å². The number of hydrogen-bond donors (Lipinski definition) is 3. The lowest BCUT2D eigenvalue weighted by atomic mass is 10.1. The van der Waals surface area contributed by atoms with E-state index in [-0.39, 0.29) is 29.5 Å². The summed E-state index contributed by atoms with van der Waals surface area (Å²) in [6.07, 6.45) is 1.44. The van der Waals surface area contributed by atoms with Crippen molar-refractivity contribution in [1.29, 1.82) is 0 Å². The monoisotopic (exact) mass is 480 g/mol. The largest absolute Gasteiger partial charge is 0.395 e. The standard InChI is InChI=1S/C25H24N2O6S/c1-18-7-13-22(14-8-18)34(31,32)33-21-11-9-19(10-12-21)17-23(25(30)26-15-16-28)27-24(29)20-5-3-2-4-6-20/h2-14,17,28H,15-16H2,1H3,(H,26,30)(H,27,29). The summed E-state index contributed by atoms with van der Waals surface area (Å²) in [5, 5.41) is 14.1. The third-order valence-corrected chi connectivity index (χ3v) is 5.89. The SMILES string of the molecule is Cc1ccc(S(=O)(=O)Oc2ccc(C=C(NC(=O)c3ccccc3)C(=O)NCCO)cc2)cc1. The summed E-state index contributed by atoms with van der Waals surface area (Å²) in [7, 11) is -4.00. The molecule has 0 saturated heterocycles. The smallest absolute Gasteiger partial charge is 0.339 e. The summed E-state index contributed by atoms with van der Waals surface area (Å²) < 4.78 is 30.1. The lowest BCUT2D eigenvalue weighted by Gasteiger charge is -2.11. The number of carbonyl (C=O) groups is 2. The molecule has 34 heavy (non-hydrogen) atoms. The molecule has 3 aromatic rings. The van der Waals surface area contributed by atoms with E-state index in [4.69, 9.17) is 9.29 Å². The van der Waals surface area contributed by atoms with E-state index in [0.717, 1.165) is 5.56 Å². The summed E-state index contributed by atoms with van der Waals surface area (Å²) in [6.45, 7) is 1.61. The molecule has 9 heteroatoms. The number of aryl methyl sites for hydroxylation is 1. The quantitative estimate of drug-likeness (QED) is 0.320. The Morgan fingerprint density at radius 1 is 0.941 bits per heavy atom. The molecule has 0 aliphatic carbocycles. The second kappa shape index (κ2) is 11.3. The van der Waals surface area contributed by atoms with E-state index in [1.54, 1.807) is 54.6 Å². The Labute approximate surface area is 198 Å². The number of amides is 2. The zero-order valence-electron chi connectivity index (χ0n) is 18.4.